The van der Waals surface area contributed by atoms with Crippen molar-refractivity contribution in [3.63, 3.8) is 0 Å². The smallest absolute Gasteiger partial charge is 0.365 e. The molecule has 0 aliphatic heterocycles. The minimum atomic E-state index is -4.39. The van der Waals surface area contributed by atoms with Gasteiger partial charge < -0.3 is 9.84 Å². The van der Waals surface area contributed by atoms with Gasteiger partial charge in [-0.3, -0.25) is 4.68 Å². The molecule has 0 radical (unpaired) electrons. The molecule has 1 atom stereocenters. The third-order valence-electron chi connectivity index (χ3n) is 4.37. The topological polar surface area (TPSA) is 116 Å². The van der Waals surface area contributed by atoms with E-state index < -0.39 is 40.8 Å². The second-order valence-corrected chi connectivity index (χ2v) is 9.50. The molecule has 0 aliphatic carbocycles. The van der Waals surface area contributed by atoms with Gasteiger partial charge in [0.2, 0.25) is 0 Å². The van der Waals surface area contributed by atoms with Crippen molar-refractivity contribution in [1.82, 2.24) is 24.9 Å². The molecule has 0 aromatic carbocycles. The standard InChI is InChI=1S/C18H20F4N6O3S/c1-11(4-8-32(2,29)30)24-16-12(19)10-23-17(25-16)14-9-15(13-3-7-31-27-13)28(26-14)6-5-18(20,21)22/h3,7,9-11H,4-6,8H2,1-2H3,(H,23,24,25). The summed E-state index contributed by atoms with van der Waals surface area (Å²) in [6, 6.07) is 2.47. The third-order valence-corrected chi connectivity index (χ3v) is 5.34. The molecule has 0 fully saturated rings. The van der Waals surface area contributed by atoms with Crippen molar-refractivity contribution in [2.24, 2.45) is 0 Å². The van der Waals surface area contributed by atoms with Gasteiger partial charge in [-0.05, 0) is 19.4 Å². The fourth-order valence-electron chi connectivity index (χ4n) is 2.77. The fraction of sp³-hybridized carbons (Fsp3) is 0.444. The summed E-state index contributed by atoms with van der Waals surface area (Å²) in [5.41, 5.74) is 0.625. The van der Waals surface area contributed by atoms with Crippen LogP contribution in [0.2, 0.25) is 0 Å². The van der Waals surface area contributed by atoms with Crippen LogP contribution in [0.5, 0.6) is 0 Å². The first-order valence-corrected chi connectivity index (χ1v) is 11.5. The number of nitrogens with zero attached hydrogens (tertiary/aromatic N) is 5. The number of hydrogen-bond donors (Lipinski definition) is 1. The van der Waals surface area contributed by atoms with Crippen LogP contribution in [0.15, 0.2) is 29.1 Å². The van der Waals surface area contributed by atoms with Crippen LogP contribution in [-0.4, -0.2) is 57.5 Å². The van der Waals surface area contributed by atoms with Crippen LogP contribution in [0, 0.1) is 5.82 Å². The number of rotatable bonds is 9. The Kier molecular flexibility index (Phi) is 6.81. The molecule has 174 valence electrons. The van der Waals surface area contributed by atoms with E-state index in [9.17, 15) is 26.0 Å². The minimum absolute atomic E-state index is 0.0280. The van der Waals surface area contributed by atoms with Crippen LogP contribution >= 0.6 is 0 Å². The number of halogens is 4. The van der Waals surface area contributed by atoms with Gasteiger partial charge in [0.05, 0.1) is 30.6 Å². The van der Waals surface area contributed by atoms with Gasteiger partial charge in [0, 0.05) is 18.4 Å². The van der Waals surface area contributed by atoms with Gasteiger partial charge in [-0.15, -0.1) is 0 Å². The van der Waals surface area contributed by atoms with E-state index in [4.69, 9.17) is 4.52 Å². The molecule has 0 bridgehead atoms. The van der Waals surface area contributed by atoms with E-state index in [1.807, 2.05) is 0 Å². The first kappa shape index (κ1) is 23.6. The van der Waals surface area contributed by atoms with Crippen LogP contribution in [0.1, 0.15) is 19.8 Å². The Morgan fingerprint density at radius 2 is 2.03 bits per heavy atom. The summed E-state index contributed by atoms with van der Waals surface area (Å²) in [7, 11) is -3.19. The zero-order valence-corrected chi connectivity index (χ0v) is 17.9. The number of anilines is 1. The molecule has 3 aromatic heterocycles. The summed E-state index contributed by atoms with van der Waals surface area (Å²) < 4.78 is 80.9. The second kappa shape index (κ2) is 9.22. The van der Waals surface area contributed by atoms with Crippen molar-refractivity contribution in [2.75, 3.05) is 17.3 Å². The number of alkyl halides is 3. The highest BCUT2D eigenvalue weighted by Gasteiger charge is 2.28. The summed E-state index contributed by atoms with van der Waals surface area (Å²) in [4.78, 5) is 7.97. The van der Waals surface area contributed by atoms with Crippen molar-refractivity contribution in [3.05, 3.63) is 30.4 Å². The Morgan fingerprint density at radius 3 is 2.66 bits per heavy atom. The number of sulfone groups is 1. The molecule has 0 spiro atoms. The molecule has 3 rings (SSSR count). The van der Waals surface area contributed by atoms with E-state index in [0.717, 1.165) is 17.1 Å². The number of aryl methyl sites for hydroxylation is 1. The van der Waals surface area contributed by atoms with E-state index in [-0.39, 0.29) is 40.9 Å². The van der Waals surface area contributed by atoms with Crippen LogP contribution in [0.4, 0.5) is 23.4 Å². The van der Waals surface area contributed by atoms with Crippen LogP contribution in [0.3, 0.4) is 0 Å². The van der Waals surface area contributed by atoms with E-state index in [2.05, 4.69) is 25.5 Å². The van der Waals surface area contributed by atoms with Gasteiger partial charge >= 0.3 is 6.18 Å². The SMILES string of the molecule is CC(CCS(C)(=O)=O)Nc1nc(-c2cc(-c3ccon3)n(CCC(F)(F)F)n2)ncc1F. The normalized spacial score (nSPS) is 13.3. The summed E-state index contributed by atoms with van der Waals surface area (Å²) in [5, 5.41) is 10.7. The molecule has 3 heterocycles. The lowest BCUT2D eigenvalue weighted by molar-refractivity contribution is -0.137. The van der Waals surface area contributed by atoms with Gasteiger partial charge in [0.15, 0.2) is 17.5 Å². The highest BCUT2D eigenvalue weighted by atomic mass is 32.2. The van der Waals surface area contributed by atoms with Crippen molar-refractivity contribution < 1.29 is 30.5 Å². The Hall–Kier alpha value is -3.03. The Labute approximate surface area is 180 Å². The predicted molar refractivity (Wildman–Crippen MR) is 107 cm³/mol. The number of nitrogens with one attached hydrogen (secondary N) is 1. The largest absolute Gasteiger partial charge is 0.390 e. The molecular formula is C18H20F4N6O3S. The molecule has 3 aromatic rings. The van der Waals surface area contributed by atoms with Gasteiger partial charge in [-0.2, -0.15) is 18.3 Å². The highest BCUT2D eigenvalue weighted by molar-refractivity contribution is 7.90. The lowest BCUT2D eigenvalue weighted by Crippen LogP contribution is -2.21. The van der Waals surface area contributed by atoms with Crippen molar-refractivity contribution in [2.45, 2.75) is 38.5 Å². The maximum Gasteiger partial charge on any atom is 0.390 e. The molecular weight excluding hydrogens is 456 g/mol. The van der Waals surface area contributed by atoms with Crippen LogP contribution in [0.25, 0.3) is 22.9 Å². The third kappa shape index (κ3) is 6.48. The Bertz CT molecular complexity index is 1160. The predicted octanol–water partition coefficient (Wildman–Crippen LogP) is 3.32. The zero-order valence-electron chi connectivity index (χ0n) is 17.1. The minimum Gasteiger partial charge on any atom is -0.365 e. The monoisotopic (exact) mass is 476 g/mol. The summed E-state index contributed by atoms with van der Waals surface area (Å²) in [6.45, 7) is 1.20. The Balaban J connectivity index is 1.88. The molecule has 14 heteroatoms. The Morgan fingerprint density at radius 1 is 1.28 bits per heavy atom. The number of hydrogen-bond acceptors (Lipinski definition) is 8. The zero-order chi connectivity index (χ0) is 23.5. The maximum absolute atomic E-state index is 14.2. The summed E-state index contributed by atoms with van der Waals surface area (Å²) >= 11 is 0. The van der Waals surface area contributed by atoms with Crippen LogP contribution < -0.4 is 5.32 Å². The molecule has 9 nitrogen and oxygen atoms in total. The van der Waals surface area contributed by atoms with E-state index in [1.54, 1.807) is 6.92 Å². The van der Waals surface area contributed by atoms with Crippen molar-refractivity contribution >= 4 is 15.7 Å². The number of aromatic nitrogens is 5. The van der Waals surface area contributed by atoms with Gasteiger partial charge in [0.1, 0.15) is 27.5 Å². The van der Waals surface area contributed by atoms with Gasteiger partial charge in [-0.25, -0.2) is 22.8 Å². The van der Waals surface area contributed by atoms with Crippen molar-refractivity contribution in [1.29, 1.82) is 0 Å². The molecule has 1 unspecified atom stereocenters. The summed E-state index contributed by atoms with van der Waals surface area (Å²) in [6.07, 6.45) is -2.01. The molecule has 1 N–H and O–H groups in total. The van der Waals surface area contributed by atoms with E-state index >= 15 is 0 Å². The van der Waals surface area contributed by atoms with E-state index in [1.165, 1.54) is 18.4 Å². The maximum atomic E-state index is 14.2. The van der Waals surface area contributed by atoms with Gasteiger partial charge in [0.25, 0.3) is 0 Å². The quantitative estimate of drug-likeness (QED) is 0.468. The highest BCUT2D eigenvalue weighted by Crippen LogP contribution is 2.27. The summed E-state index contributed by atoms with van der Waals surface area (Å²) in [5.74, 6) is -1.07. The fourth-order valence-corrected chi connectivity index (χ4v) is 3.55. The molecule has 0 aliphatic rings. The average molecular weight is 476 g/mol. The second-order valence-electron chi connectivity index (χ2n) is 7.24. The molecule has 0 amide bonds. The van der Waals surface area contributed by atoms with Gasteiger partial charge in [-0.1, -0.05) is 5.16 Å². The lowest BCUT2D eigenvalue weighted by atomic mass is 10.2. The first-order chi connectivity index (χ1) is 14.9. The molecule has 0 saturated heterocycles. The molecule has 0 saturated carbocycles. The lowest BCUT2D eigenvalue weighted by Gasteiger charge is -2.14. The first-order valence-electron chi connectivity index (χ1n) is 9.44. The van der Waals surface area contributed by atoms with Crippen LogP contribution in [-0.2, 0) is 16.4 Å². The molecule has 32 heavy (non-hydrogen) atoms. The van der Waals surface area contributed by atoms with Crippen molar-refractivity contribution in [3.8, 4) is 22.9 Å². The van der Waals surface area contributed by atoms with E-state index in [0.29, 0.717) is 0 Å². The average Bonchev–Trinajstić information content (AvgIpc) is 3.35.